The van der Waals surface area contributed by atoms with Crippen molar-refractivity contribution in [2.75, 3.05) is 5.32 Å². The van der Waals surface area contributed by atoms with Gasteiger partial charge in [0.25, 0.3) is 0 Å². The molecule has 0 fully saturated rings. The Hall–Kier alpha value is -2.81. The quantitative estimate of drug-likeness (QED) is 0.335. The molecule has 164 valence electrons. The van der Waals surface area contributed by atoms with Gasteiger partial charge in [0.05, 0.1) is 28.1 Å². The molecule has 0 spiro atoms. The average Bonchev–Trinajstić information content (AvgIpc) is 3.41. The molecule has 0 aliphatic carbocycles. The van der Waals surface area contributed by atoms with E-state index in [1.54, 1.807) is 13.2 Å². The Balaban J connectivity index is 1.59. The molecule has 1 amide bonds. The van der Waals surface area contributed by atoms with Gasteiger partial charge in [0.2, 0.25) is 5.91 Å². The standard InChI is InChI=1S/C22H19Cl2N5O2S/c1-13-5-3-6-15(9-13)20-27-28-22(29(20)12-17-7-4-8-31-17)32-14(2)21(30)26-19-18(24)10-16(23)11-25-19/h3-11,14H,12H2,1-2H3,(H,25,26,30)/t14-/m1/s1. The molecule has 0 saturated carbocycles. The molecule has 1 N–H and O–H groups in total. The first kappa shape index (κ1) is 22.4. The van der Waals surface area contributed by atoms with E-state index in [2.05, 4.69) is 20.5 Å². The maximum absolute atomic E-state index is 12.8. The molecule has 0 radical (unpaired) electrons. The van der Waals surface area contributed by atoms with E-state index in [4.69, 9.17) is 27.6 Å². The molecule has 3 aromatic heterocycles. The first-order valence-corrected chi connectivity index (χ1v) is 11.4. The number of furan rings is 1. The smallest absolute Gasteiger partial charge is 0.238 e. The minimum absolute atomic E-state index is 0.256. The van der Waals surface area contributed by atoms with Gasteiger partial charge in [-0.15, -0.1) is 10.2 Å². The van der Waals surface area contributed by atoms with Crippen molar-refractivity contribution in [3.05, 3.63) is 76.3 Å². The number of hydrogen-bond acceptors (Lipinski definition) is 6. The van der Waals surface area contributed by atoms with E-state index < -0.39 is 5.25 Å². The zero-order chi connectivity index (χ0) is 22.7. The number of hydrogen-bond donors (Lipinski definition) is 1. The summed E-state index contributed by atoms with van der Waals surface area (Å²) in [4.78, 5) is 16.8. The molecule has 1 atom stereocenters. The minimum Gasteiger partial charge on any atom is -0.467 e. The number of halogens is 2. The first-order chi connectivity index (χ1) is 15.4. The van der Waals surface area contributed by atoms with Gasteiger partial charge in [-0.3, -0.25) is 9.36 Å². The summed E-state index contributed by atoms with van der Waals surface area (Å²) in [6.45, 7) is 4.24. The van der Waals surface area contributed by atoms with E-state index in [0.29, 0.717) is 22.5 Å². The van der Waals surface area contributed by atoms with E-state index in [-0.39, 0.29) is 16.7 Å². The van der Waals surface area contributed by atoms with Crippen LogP contribution >= 0.6 is 35.0 Å². The molecular formula is C22H19Cl2N5O2S. The minimum atomic E-state index is -0.492. The van der Waals surface area contributed by atoms with Crippen molar-refractivity contribution in [3.8, 4) is 11.4 Å². The van der Waals surface area contributed by atoms with Crippen LogP contribution in [0.4, 0.5) is 5.82 Å². The summed E-state index contributed by atoms with van der Waals surface area (Å²) in [6, 6.07) is 13.3. The SMILES string of the molecule is Cc1cccc(-c2nnc(S[C@H](C)C(=O)Nc3ncc(Cl)cc3Cl)n2Cc2ccco2)c1. The Labute approximate surface area is 199 Å². The van der Waals surface area contributed by atoms with Crippen LogP contribution in [0, 0.1) is 6.92 Å². The predicted octanol–water partition coefficient (Wildman–Crippen LogP) is 5.72. The fourth-order valence-corrected chi connectivity index (χ4v) is 4.29. The molecule has 0 aliphatic rings. The molecule has 3 heterocycles. The van der Waals surface area contributed by atoms with Crippen molar-refractivity contribution in [1.82, 2.24) is 19.7 Å². The van der Waals surface area contributed by atoms with E-state index in [1.807, 2.05) is 47.9 Å². The summed E-state index contributed by atoms with van der Waals surface area (Å²) in [5.41, 5.74) is 2.05. The number of carbonyl (C=O) groups excluding carboxylic acids is 1. The second-order valence-corrected chi connectivity index (χ2v) is 9.23. The van der Waals surface area contributed by atoms with Gasteiger partial charge in [-0.1, -0.05) is 58.7 Å². The van der Waals surface area contributed by atoms with Gasteiger partial charge in [-0.05, 0) is 38.1 Å². The summed E-state index contributed by atoms with van der Waals surface area (Å²) >= 11 is 13.3. The topological polar surface area (TPSA) is 85.8 Å². The molecule has 0 bridgehead atoms. The number of thioether (sulfide) groups is 1. The second kappa shape index (κ2) is 9.77. The molecule has 4 aromatic rings. The van der Waals surface area contributed by atoms with Crippen LogP contribution in [0.5, 0.6) is 0 Å². The number of nitrogens with zero attached hydrogens (tertiary/aromatic N) is 4. The van der Waals surface area contributed by atoms with Crippen LogP contribution in [0.1, 0.15) is 18.2 Å². The van der Waals surface area contributed by atoms with Crippen molar-refractivity contribution in [1.29, 1.82) is 0 Å². The Morgan fingerprint density at radius 3 is 2.78 bits per heavy atom. The van der Waals surface area contributed by atoms with Crippen molar-refractivity contribution >= 4 is 46.7 Å². The van der Waals surface area contributed by atoms with Gasteiger partial charge in [0.15, 0.2) is 16.8 Å². The highest BCUT2D eigenvalue weighted by atomic mass is 35.5. The third kappa shape index (κ3) is 5.15. The van der Waals surface area contributed by atoms with Crippen LogP contribution in [0.3, 0.4) is 0 Å². The highest BCUT2D eigenvalue weighted by molar-refractivity contribution is 8.00. The van der Waals surface area contributed by atoms with Gasteiger partial charge in [0.1, 0.15) is 5.76 Å². The number of amides is 1. The predicted molar refractivity (Wildman–Crippen MR) is 126 cm³/mol. The lowest BCUT2D eigenvalue weighted by Crippen LogP contribution is -2.23. The lowest BCUT2D eigenvalue weighted by molar-refractivity contribution is -0.115. The van der Waals surface area contributed by atoms with Gasteiger partial charge < -0.3 is 9.73 Å². The number of carbonyl (C=O) groups is 1. The third-order valence-electron chi connectivity index (χ3n) is 4.59. The fraction of sp³-hybridized carbons (Fsp3) is 0.182. The molecule has 10 heteroatoms. The zero-order valence-corrected chi connectivity index (χ0v) is 19.6. The van der Waals surface area contributed by atoms with Crippen molar-refractivity contribution < 1.29 is 9.21 Å². The largest absolute Gasteiger partial charge is 0.467 e. The van der Waals surface area contributed by atoms with Gasteiger partial charge in [0, 0.05) is 11.8 Å². The average molecular weight is 488 g/mol. The molecule has 7 nitrogen and oxygen atoms in total. The van der Waals surface area contributed by atoms with Gasteiger partial charge in [-0.25, -0.2) is 4.98 Å². The zero-order valence-electron chi connectivity index (χ0n) is 17.3. The van der Waals surface area contributed by atoms with Crippen molar-refractivity contribution in [2.45, 2.75) is 30.8 Å². The van der Waals surface area contributed by atoms with Crippen LogP contribution in [0.25, 0.3) is 11.4 Å². The molecule has 32 heavy (non-hydrogen) atoms. The fourth-order valence-electron chi connectivity index (χ4n) is 3.01. The third-order valence-corrected chi connectivity index (χ3v) is 6.16. The van der Waals surface area contributed by atoms with Crippen molar-refractivity contribution in [2.24, 2.45) is 0 Å². The molecule has 0 unspecified atom stereocenters. The summed E-state index contributed by atoms with van der Waals surface area (Å²) in [6.07, 6.45) is 3.05. The number of nitrogens with one attached hydrogen (secondary N) is 1. The number of rotatable bonds is 7. The van der Waals surface area contributed by atoms with E-state index in [0.717, 1.165) is 16.9 Å². The lowest BCUT2D eigenvalue weighted by Gasteiger charge is -2.13. The molecule has 1 aromatic carbocycles. The monoisotopic (exact) mass is 487 g/mol. The second-order valence-electron chi connectivity index (χ2n) is 7.07. The Kier molecular flexibility index (Phi) is 6.83. The molecule has 0 saturated heterocycles. The summed E-state index contributed by atoms with van der Waals surface area (Å²) < 4.78 is 7.47. The highest BCUT2D eigenvalue weighted by Gasteiger charge is 2.22. The Morgan fingerprint density at radius 2 is 2.06 bits per heavy atom. The summed E-state index contributed by atoms with van der Waals surface area (Å²) in [5.74, 6) is 1.44. The van der Waals surface area contributed by atoms with E-state index in [1.165, 1.54) is 24.0 Å². The van der Waals surface area contributed by atoms with Crippen LogP contribution in [-0.4, -0.2) is 30.9 Å². The van der Waals surface area contributed by atoms with Crippen LogP contribution in [-0.2, 0) is 11.3 Å². The number of pyridine rings is 1. The van der Waals surface area contributed by atoms with Crippen molar-refractivity contribution in [3.63, 3.8) is 0 Å². The van der Waals surface area contributed by atoms with Crippen LogP contribution < -0.4 is 5.32 Å². The summed E-state index contributed by atoms with van der Waals surface area (Å²) in [5, 5.41) is 12.3. The molecule has 4 rings (SSSR count). The number of benzene rings is 1. The van der Waals surface area contributed by atoms with Gasteiger partial charge in [-0.2, -0.15) is 0 Å². The highest BCUT2D eigenvalue weighted by Crippen LogP contribution is 2.29. The molecule has 0 aliphatic heterocycles. The summed E-state index contributed by atoms with van der Waals surface area (Å²) in [7, 11) is 0. The van der Waals surface area contributed by atoms with Gasteiger partial charge >= 0.3 is 0 Å². The first-order valence-electron chi connectivity index (χ1n) is 9.72. The van der Waals surface area contributed by atoms with E-state index in [9.17, 15) is 4.79 Å². The van der Waals surface area contributed by atoms with E-state index >= 15 is 0 Å². The maximum Gasteiger partial charge on any atom is 0.238 e. The maximum atomic E-state index is 12.8. The molecular weight excluding hydrogens is 469 g/mol. The number of aryl methyl sites for hydroxylation is 1. The number of anilines is 1. The van der Waals surface area contributed by atoms with Crippen LogP contribution in [0.15, 0.2) is 64.5 Å². The number of aromatic nitrogens is 4. The normalized spacial score (nSPS) is 12.0. The Bertz CT molecular complexity index is 1240. The Morgan fingerprint density at radius 1 is 1.22 bits per heavy atom. The lowest BCUT2D eigenvalue weighted by atomic mass is 10.1. The van der Waals surface area contributed by atoms with Crippen LogP contribution in [0.2, 0.25) is 10.0 Å².